The molecule has 0 aliphatic carbocycles. The predicted octanol–water partition coefficient (Wildman–Crippen LogP) is 6.37. The minimum absolute atomic E-state index is 0.156. The zero-order valence-corrected chi connectivity index (χ0v) is 33.6. The number of ether oxygens (including phenoxy) is 5. The Labute approximate surface area is 344 Å². The molecule has 3 aromatic carbocycles. The number of hydrogen-bond acceptors (Lipinski definition) is 11. The number of Topliss-reactive ketones (excluding diaryl/α,β-unsaturated/α-hetero) is 1. The summed E-state index contributed by atoms with van der Waals surface area (Å²) in [6.45, 7) is 5.36. The molecule has 1 heterocycles. The number of unbranched alkanes of at least 4 members (excludes halogenated alkanes) is 1. The molecule has 15 heteroatoms. The molecule has 0 radical (unpaired) electrons. The summed E-state index contributed by atoms with van der Waals surface area (Å²) in [7, 11) is 0. The number of aliphatic carboxylic acids is 1. The second kappa shape index (κ2) is 26.6. The molecule has 2 atom stereocenters. The summed E-state index contributed by atoms with van der Waals surface area (Å²) in [6, 6.07) is 22.1. The number of benzene rings is 3. The van der Waals surface area contributed by atoms with Crippen molar-refractivity contribution in [1.29, 1.82) is 0 Å². The Bertz CT molecular complexity index is 1950. The van der Waals surface area contributed by atoms with E-state index in [0.717, 1.165) is 46.0 Å². The monoisotopic (exact) mass is 813 g/mol. The van der Waals surface area contributed by atoms with E-state index < -0.39 is 30.3 Å². The second-order valence-electron chi connectivity index (χ2n) is 13.8. The summed E-state index contributed by atoms with van der Waals surface area (Å²) >= 11 is 0. The van der Waals surface area contributed by atoms with Crippen molar-refractivity contribution in [3.8, 4) is 16.9 Å². The van der Waals surface area contributed by atoms with Gasteiger partial charge in [0.2, 0.25) is 5.91 Å². The fourth-order valence-electron chi connectivity index (χ4n) is 6.43. The van der Waals surface area contributed by atoms with Crippen LogP contribution in [0.5, 0.6) is 5.75 Å². The van der Waals surface area contributed by atoms with E-state index in [4.69, 9.17) is 29.2 Å². The van der Waals surface area contributed by atoms with Crippen LogP contribution in [0.4, 0.5) is 0 Å². The van der Waals surface area contributed by atoms with Gasteiger partial charge in [-0.05, 0) is 77.6 Å². The number of fused-ring (bicyclic) bond motifs is 1. The number of carboxylic acid groups (broad SMARTS) is 1. The minimum atomic E-state index is -1.12. The van der Waals surface area contributed by atoms with Crippen molar-refractivity contribution in [1.82, 2.24) is 10.3 Å². The van der Waals surface area contributed by atoms with Gasteiger partial charge in [0.05, 0.1) is 65.9 Å². The van der Waals surface area contributed by atoms with Gasteiger partial charge in [0.1, 0.15) is 18.4 Å². The van der Waals surface area contributed by atoms with E-state index in [1.807, 2.05) is 79.7 Å². The normalized spacial score (nSPS) is 12.1. The van der Waals surface area contributed by atoms with Gasteiger partial charge in [0.25, 0.3) is 0 Å². The minimum Gasteiger partial charge on any atom is -0.491 e. The first-order chi connectivity index (χ1) is 28.8. The van der Waals surface area contributed by atoms with Crippen LogP contribution in [0.15, 0.2) is 84.1 Å². The number of aryl methyl sites for hydroxylation is 2. The summed E-state index contributed by atoms with van der Waals surface area (Å²) < 4.78 is 28.0. The molecule has 0 saturated heterocycles. The van der Waals surface area contributed by atoms with Crippen molar-refractivity contribution >= 4 is 28.4 Å². The number of aromatic nitrogens is 1. The number of azide groups is 1. The van der Waals surface area contributed by atoms with Gasteiger partial charge in [-0.25, -0.2) is 0 Å². The summed E-state index contributed by atoms with van der Waals surface area (Å²) in [5.41, 5.74) is 12.8. The Morgan fingerprint density at radius 3 is 2.12 bits per heavy atom. The van der Waals surface area contributed by atoms with Crippen LogP contribution in [0.2, 0.25) is 0 Å². The molecule has 0 fully saturated rings. The summed E-state index contributed by atoms with van der Waals surface area (Å²) in [6.07, 6.45) is 3.60. The molecule has 0 aliphatic heterocycles. The van der Waals surface area contributed by atoms with E-state index in [0.29, 0.717) is 83.7 Å². The van der Waals surface area contributed by atoms with Gasteiger partial charge < -0.3 is 39.2 Å². The number of aliphatic hydroxyl groups is 1. The standard InChI is InChI=1S/C44H55N5O10/c1-32-16-17-46-36(28-32)6-2-5-9-43(52)48-40(31-50)41(51)29-35(30-44(53)54)33-10-12-34(13-11-33)37-14-15-42(39-8-4-3-7-38(37)39)59-27-26-58-25-24-57-23-22-56-21-20-55-19-18-47-49-45/h3-4,7-8,10-17,28,35,40,50H,2,5-6,9,18-27,29-31H2,1H3,(H,48,52)(H,53,54)/t35-,40-/m0/s1. The average Bonchev–Trinajstić information content (AvgIpc) is 3.23. The molecule has 0 spiro atoms. The highest BCUT2D eigenvalue weighted by molar-refractivity contribution is 6.00. The van der Waals surface area contributed by atoms with Crippen LogP contribution in [0.25, 0.3) is 32.3 Å². The lowest BCUT2D eigenvalue weighted by molar-refractivity contribution is -0.137. The van der Waals surface area contributed by atoms with Crippen LogP contribution in [0, 0.1) is 6.92 Å². The molecule has 316 valence electrons. The average molecular weight is 814 g/mol. The summed E-state index contributed by atoms with van der Waals surface area (Å²) in [5.74, 6) is -1.77. The van der Waals surface area contributed by atoms with Crippen molar-refractivity contribution in [2.75, 3.05) is 72.6 Å². The maximum Gasteiger partial charge on any atom is 0.303 e. The smallest absolute Gasteiger partial charge is 0.303 e. The molecule has 59 heavy (non-hydrogen) atoms. The van der Waals surface area contributed by atoms with Crippen LogP contribution in [-0.2, 0) is 39.8 Å². The molecule has 1 aromatic heterocycles. The van der Waals surface area contributed by atoms with Crippen LogP contribution in [-0.4, -0.2) is 112 Å². The Kier molecular flexibility index (Phi) is 20.8. The lowest BCUT2D eigenvalue weighted by atomic mass is 9.87. The Balaban J connectivity index is 1.23. The molecular formula is C44H55N5O10. The molecule has 4 aromatic rings. The van der Waals surface area contributed by atoms with Gasteiger partial charge in [-0.2, -0.15) is 0 Å². The summed E-state index contributed by atoms with van der Waals surface area (Å²) in [4.78, 5) is 44.8. The molecule has 0 saturated carbocycles. The molecule has 3 N–H and O–H groups in total. The number of aliphatic hydroxyl groups excluding tert-OH is 1. The Morgan fingerprint density at radius 2 is 1.47 bits per heavy atom. The first-order valence-electron chi connectivity index (χ1n) is 19.9. The molecule has 1 amide bonds. The zero-order chi connectivity index (χ0) is 42.1. The van der Waals surface area contributed by atoms with Gasteiger partial charge in [0, 0.05) is 47.5 Å². The molecular weight excluding hydrogens is 759 g/mol. The van der Waals surface area contributed by atoms with Crippen molar-refractivity contribution < 1.29 is 48.3 Å². The number of rotatable bonds is 30. The van der Waals surface area contributed by atoms with E-state index in [1.165, 1.54) is 0 Å². The lowest BCUT2D eigenvalue weighted by Crippen LogP contribution is -2.43. The Hall–Kier alpha value is -5.41. The molecule has 0 unspecified atom stereocenters. The van der Waals surface area contributed by atoms with Crippen molar-refractivity contribution in [3.63, 3.8) is 0 Å². The molecule has 4 rings (SSSR count). The third-order valence-corrected chi connectivity index (χ3v) is 9.41. The highest BCUT2D eigenvalue weighted by Crippen LogP contribution is 2.35. The summed E-state index contributed by atoms with van der Waals surface area (Å²) in [5, 5.41) is 27.6. The van der Waals surface area contributed by atoms with Crippen LogP contribution in [0.3, 0.4) is 0 Å². The maximum atomic E-state index is 13.3. The zero-order valence-electron chi connectivity index (χ0n) is 33.6. The first kappa shape index (κ1) is 46.3. The van der Waals surface area contributed by atoms with Crippen molar-refractivity contribution in [2.45, 2.75) is 57.4 Å². The fraction of sp³-hybridized carbons (Fsp3) is 0.455. The van der Waals surface area contributed by atoms with Crippen LogP contribution < -0.4 is 10.1 Å². The molecule has 15 nitrogen and oxygen atoms in total. The number of pyridine rings is 1. The van der Waals surface area contributed by atoms with Crippen molar-refractivity contribution in [2.24, 2.45) is 5.11 Å². The topological polar surface area (TPSA) is 211 Å². The van der Waals surface area contributed by atoms with E-state index in [9.17, 15) is 24.6 Å². The van der Waals surface area contributed by atoms with Gasteiger partial charge in [-0.15, -0.1) is 0 Å². The van der Waals surface area contributed by atoms with E-state index >= 15 is 0 Å². The second-order valence-corrected chi connectivity index (χ2v) is 13.8. The molecule has 0 aliphatic rings. The van der Waals surface area contributed by atoms with Gasteiger partial charge in [-0.3, -0.25) is 19.4 Å². The molecule has 0 bridgehead atoms. The number of ketones is 1. The highest BCUT2D eigenvalue weighted by atomic mass is 16.6. The number of carboxylic acids is 1. The van der Waals surface area contributed by atoms with E-state index in [1.54, 1.807) is 6.20 Å². The van der Waals surface area contributed by atoms with Crippen molar-refractivity contribution in [3.05, 3.63) is 106 Å². The SMILES string of the molecule is Cc1ccnc(CCCCC(=O)N[C@@H](CO)C(=O)C[C@@H](CC(=O)O)c2ccc(-c3ccc(OCCOCCOCCOCCOCCN=[N+]=[N-])c4ccccc34)cc2)c1. The number of carbonyl (C=O) groups excluding carboxylic acids is 2. The maximum absolute atomic E-state index is 13.3. The fourth-order valence-corrected chi connectivity index (χ4v) is 6.43. The Morgan fingerprint density at radius 1 is 0.814 bits per heavy atom. The predicted molar refractivity (Wildman–Crippen MR) is 222 cm³/mol. The highest BCUT2D eigenvalue weighted by Gasteiger charge is 2.26. The van der Waals surface area contributed by atoms with E-state index in [2.05, 4.69) is 20.3 Å². The number of amides is 1. The van der Waals surface area contributed by atoms with Crippen LogP contribution in [0.1, 0.15) is 54.8 Å². The number of nitrogens with zero attached hydrogens (tertiary/aromatic N) is 4. The third-order valence-electron chi connectivity index (χ3n) is 9.41. The van der Waals surface area contributed by atoms with E-state index in [-0.39, 0.29) is 25.2 Å². The number of carbonyl (C=O) groups is 3. The number of hydrogen-bond donors (Lipinski definition) is 3. The number of nitrogens with one attached hydrogen (secondary N) is 1. The third kappa shape index (κ3) is 16.8. The largest absolute Gasteiger partial charge is 0.491 e. The van der Waals surface area contributed by atoms with Gasteiger partial charge >= 0.3 is 5.97 Å². The lowest BCUT2D eigenvalue weighted by Gasteiger charge is -2.20. The quantitative estimate of drug-likeness (QED) is 0.0228. The van der Waals surface area contributed by atoms with Gasteiger partial charge in [0.15, 0.2) is 5.78 Å². The van der Waals surface area contributed by atoms with Crippen LogP contribution >= 0.6 is 0 Å². The van der Waals surface area contributed by atoms with Gasteiger partial charge in [-0.1, -0.05) is 59.7 Å². The first-order valence-corrected chi connectivity index (χ1v) is 19.9.